The first-order valence-electron chi connectivity index (χ1n) is 8.70. The van der Waals surface area contributed by atoms with Crippen LogP contribution in [-0.4, -0.2) is 33.5 Å². The maximum absolute atomic E-state index is 12.1. The number of nitrogens with one attached hydrogen (secondary N) is 2. The molecule has 0 bridgehead atoms. The smallest absolute Gasteiger partial charge is 0.258 e. The zero-order valence-electron chi connectivity index (χ0n) is 14.9. The van der Waals surface area contributed by atoms with E-state index >= 15 is 0 Å². The molecule has 0 aromatic carbocycles. The predicted molar refractivity (Wildman–Crippen MR) is 97.0 cm³/mol. The minimum atomic E-state index is -0.258. The van der Waals surface area contributed by atoms with Gasteiger partial charge in [-0.05, 0) is 38.3 Å². The molecule has 0 atom stereocenters. The van der Waals surface area contributed by atoms with E-state index in [0.29, 0.717) is 11.4 Å². The van der Waals surface area contributed by atoms with Crippen molar-refractivity contribution in [1.82, 2.24) is 20.3 Å². The predicted octanol–water partition coefficient (Wildman–Crippen LogP) is 1.06. The molecule has 1 aliphatic rings. The normalized spacial score (nSPS) is 18.8. The van der Waals surface area contributed by atoms with E-state index in [9.17, 15) is 9.59 Å². The van der Waals surface area contributed by atoms with Gasteiger partial charge in [-0.25, -0.2) is 4.98 Å². The van der Waals surface area contributed by atoms with Crippen molar-refractivity contribution < 1.29 is 9.53 Å². The Morgan fingerprint density at radius 2 is 2.15 bits per heavy atom. The number of amides is 1. The van der Waals surface area contributed by atoms with E-state index < -0.39 is 0 Å². The molecule has 2 heterocycles. The summed E-state index contributed by atoms with van der Waals surface area (Å²) in [7, 11) is 0. The summed E-state index contributed by atoms with van der Waals surface area (Å²) in [4.78, 5) is 34.5. The third-order valence-corrected chi connectivity index (χ3v) is 4.47. The second kappa shape index (κ2) is 7.55. The number of hydrogen-bond acceptors (Lipinski definition) is 6. The van der Waals surface area contributed by atoms with Crippen LogP contribution in [0.15, 0.2) is 23.0 Å². The topological polar surface area (TPSA) is 123 Å². The highest BCUT2D eigenvalue weighted by molar-refractivity contribution is 5.78. The third kappa shape index (κ3) is 4.19. The molecular formula is C18H23N5O3. The van der Waals surface area contributed by atoms with Gasteiger partial charge in [0, 0.05) is 23.7 Å². The molecule has 1 fully saturated rings. The van der Waals surface area contributed by atoms with Gasteiger partial charge in [-0.2, -0.15) is 0 Å². The summed E-state index contributed by atoms with van der Waals surface area (Å²) in [6.07, 6.45) is 2.21. The van der Waals surface area contributed by atoms with Crippen molar-refractivity contribution in [1.29, 1.82) is 0 Å². The molecule has 0 unspecified atom stereocenters. The molecule has 0 saturated heterocycles. The second-order valence-electron chi connectivity index (χ2n) is 6.53. The standard InChI is InChI=1S/C18H23N5O3/c1-3-13-15(5-4-10(2)20-13)26-9-17(25)21-12-6-11(7-12)14-8-16(24)23-18(19)22-14/h4-5,8,11-12H,3,6-7,9H2,1-2H3,(H,21,25)(H3,19,22,23,24). The van der Waals surface area contributed by atoms with Gasteiger partial charge >= 0.3 is 0 Å². The molecule has 1 saturated carbocycles. The molecule has 1 aliphatic carbocycles. The number of aromatic nitrogens is 3. The van der Waals surface area contributed by atoms with E-state index in [1.165, 1.54) is 6.07 Å². The number of pyridine rings is 1. The van der Waals surface area contributed by atoms with Crippen molar-refractivity contribution in [3.05, 3.63) is 45.6 Å². The summed E-state index contributed by atoms with van der Waals surface area (Å²) in [5, 5.41) is 2.94. The van der Waals surface area contributed by atoms with E-state index in [1.807, 2.05) is 26.0 Å². The number of carbonyl (C=O) groups is 1. The maximum atomic E-state index is 12.1. The zero-order valence-corrected chi connectivity index (χ0v) is 14.9. The van der Waals surface area contributed by atoms with Crippen LogP contribution in [0.2, 0.25) is 0 Å². The summed E-state index contributed by atoms with van der Waals surface area (Å²) in [6, 6.07) is 5.22. The maximum Gasteiger partial charge on any atom is 0.258 e. The van der Waals surface area contributed by atoms with Gasteiger partial charge in [0.15, 0.2) is 6.61 Å². The average molecular weight is 357 g/mol. The highest BCUT2D eigenvalue weighted by Gasteiger charge is 2.32. The Kier molecular flexibility index (Phi) is 5.20. The fourth-order valence-corrected chi connectivity index (χ4v) is 3.08. The molecule has 4 N–H and O–H groups in total. The Morgan fingerprint density at radius 3 is 2.85 bits per heavy atom. The Morgan fingerprint density at radius 1 is 1.38 bits per heavy atom. The van der Waals surface area contributed by atoms with Crippen LogP contribution in [0.3, 0.4) is 0 Å². The van der Waals surface area contributed by atoms with Crippen molar-refractivity contribution in [2.45, 2.75) is 45.1 Å². The highest BCUT2D eigenvalue weighted by atomic mass is 16.5. The van der Waals surface area contributed by atoms with Gasteiger partial charge in [-0.3, -0.25) is 19.6 Å². The number of anilines is 1. The van der Waals surface area contributed by atoms with Crippen molar-refractivity contribution in [2.75, 3.05) is 12.3 Å². The summed E-state index contributed by atoms with van der Waals surface area (Å²) < 4.78 is 5.61. The first kappa shape index (κ1) is 17.9. The number of rotatable bonds is 6. The largest absolute Gasteiger partial charge is 0.482 e. The average Bonchev–Trinajstić information content (AvgIpc) is 2.55. The van der Waals surface area contributed by atoms with Gasteiger partial charge in [0.1, 0.15) is 5.75 Å². The van der Waals surface area contributed by atoms with Gasteiger partial charge in [0.2, 0.25) is 5.95 Å². The first-order chi connectivity index (χ1) is 12.4. The van der Waals surface area contributed by atoms with Crippen LogP contribution in [0.25, 0.3) is 0 Å². The molecule has 8 nitrogen and oxygen atoms in total. The van der Waals surface area contributed by atoms with Crippen LogP contribution in [0, 0.1) is 6.92 Å². The Balaban J connectivity index is 1.48. The molecule has 0 aliphatic heterocycles. The van der Waals surface area contributed by atoms with Crippen molar-refractivity contribution in [2.24, 2.45) is 0 Å². The molecule has 8 heteroatoms. The molecule has 138 valence electrons. The third-order valence-electron chi connectivity index (χ3n) is 4.47. The summed E-state index contributed by atoms with van der Waals surface area (Å²) in [5.74, 6) is 0.725. The summed E-state index contributed by atoms with van der Waals surface area (Å²) in [5.41, 5.74) is 7.75. The molecule has 26 heavy (non-hydrogen) atoms. The van der Waals surface area contributed by atoms with Gasteiger partial charge < -0.3 is 15.8 Å². The number of hydrogen-bond donors (Lipinski definition) is 3. The van der Waals surface area contributed by atoms with Crippen LogP contribution in [0.1, 0.15) is 42.8 Å². The van der Waals surface area contributed by atoms with Gasteiger partial charge in [-0.1, -0.05) is 6.92 Å². The lowest BCUT2D eigenvalue weighted by Gasteiger charge is -2.35. The quantitative estimate of drug-likeness (QED) is 0.710. The molecule has 0 radical (unpaired) electrons. The van der Waals surface area contributed by atoms with Crippen molar-refractivity contribution in [3.63, 3.8) is 0 Å². The number of nitrogen functional groups attached to an aromatic ring is 1. The van der Waals surface area contributed by atoms with E-state index in [0.717, 1.165) is 30.7 Å². The van der Waals surface area contributed by atoms with Crippen molar-refractivity contribution in [3.8, 4) is 5.75 Å². The number of nitrogens with zero attached hydrogens (tertiary/aromatic N) is 2. The van der Waals surface area contributed by atoms with Crippen LogP contribution < -0.4 is 21.3 Å². The molecule has 2 aromatic heterocycles. The molecule has 0 spiro atoms. The lowest BCUT2D eigenvalue weighted by Crippen LogP contribution is -2.45. The van der Waals surface area contributed by atoms with Crippen LogP contribution >= 0.6 is 0 Å². The van der Waals surface area contributed by atoms with E-state index in [-0.39, 0.29) is 36.0 Å². The van der Waals surface area contributed by atoms with E-state index in [1.54, 1.807) is 0 Å². The molecule has 1 amide bonds. The lowest BCUT2D eigenvalue weighted by atomic mass is 9.78. The number of carbonyl (C=O) groups excluding carboxylic acids is 1. The summed E-state index contributed by atoms with van der Waals surface area (Å²) >= 11 is 0. The van der Waals surface area contributed by atoms with Crippen molar-refractivity contribution >= 4 is 11.9 Å². The number of nitrogens with two attached hydrogens (primary N) is 1. The number of aromatic amines is 1. The Bertz CT molecular complexity index is 858. The van der Waals surface area contributed by atoms with Crippen LogP contribution in [-0.2, 0) is 11.2 Å². The zero-order chi connectivity index (χ0) is 18.7. The van der Waals surface area contributed by atoms with Gasteiger partial charge in [-0.15, -0.1) is 0 Å². The first-order valence-corrected chi connectivity index (χ1v) is 8.70. The van der Waals surface area contributed by atoms with Gasteiger partial charge in [0.05, 0.1) is 11.4 Å². The van der Waals surface area contributed by atoms with Crippen LogP contribution in [0.5, 0.6) is 5.75 Å². The number of H-pyrrole nitrogens is 1. The Labute approximate surface area is 151 Å². The van der Waals surface area contributed by atoms with E-state index in [4.69, 9.17) is 10.5 Å². The number of aryl methyl sites for hydroxylation is 2. The fourth-order valence-electron chi connectivity index (χ4n) is 3.08. The van der Waals surface area contributed by atoms with Gasteiger partial charge in [0.25, 0.3) is 11.5 Å². The molecule has 2 aromatic rings. The van der Waals surface area contributed by atoms with E-state index in [2.05, 4.69) is 20.3 Å². The molecule has 3 rings (SSSR count). The second-order valence-corrected chi connectivity index (χ2v) is 6.53. The molecular weight excluding hydrogens is 334 g/mol. The highest BCUT2D eigenvalue weighted by Crippen LogP contribution is 2.35. The fraction of sp³-hybridized carbons (Fsp3) is 0.444. The SMILES string of the molecule is CCc1nc(C)ccc1OCC(=O)NC1CC(c2cc(=O)[nH]c(N)n2)C1. The summed E-state index contributed by atoms with van der Waals surface area (Å²) in [6.45, 7) is 3.87. The lowest BCUT2D eigenvalue weighted by molar-refractivity contribution is -0.124. The minimum Gasteiger partial charge on any atom is -0.482 e. The Hall–Kier alpha value is -2.90. The van der Waals surface area contributed by atoms with Crippen LogP contribution in [0.4, 0.5) is 5.95 Å². The minimum absolute atomic E-state index is 0.0465. The monoisotopic (exact) mass is 357 g/mol. The number of ether oxygens (including phenoxy) is 1.